The Morgan fingerprint density at radius 2 is 1.71 bits per heavy atom. The van der Waals surface area contributed by atoms with Crippen LogP contribution in [0.2, 0.25) is 0 Å². The quantitative estimate of drug-likeness (QED) is 0.601. The monoisotopic (exact) mass is 286 g/mol. The fraction of sp³-hybridized carbons (Fsp3) is 0.250. The molecular formula is C16H18N2O3. The van der Waals surface area contributed by atoms with Crippen LogP contribution in [0.1, 0.15) is 12.5 Å². The van der Waals surface area contributed by atoms with E-state index in [1.165, 1.54) is 12.1 Å². The van der Waals surface area contributed by atoms with E-state index in [4.69, 9.17) is 4.74 Å². The zero-order valence-corrected chi connectivity index (χ0v) is 12.2. The molecule has 0 aliphatic carbocycles. The molecule has 0 aliphatic heterocycles. The Morgan fingerprint density at radius 1 is 1.10 bits per heavy atom. The number of hydrogen-bond donors (Lipinski definition) is 0. The normalized spacial score (nSPS) is 10.2. The summed E-state index contributed by atoms with van der Waals surface area (Å²) in [4.78, 5) is 12.5. The van der Waals surface area contributed by atoms with Crippen LogP contribution < -0.4 is 9.64 Å². The van der Waals surface area contributed by atoms with Gasteiger partial charge in [-0.05, 0) is 36.8 Å². The molecular weight excluding hydrogens is 268 g/mol. The second-order valence-corrected chi connectivity index (χ2v) is 4.64. The van der Waals surface area contributed by atoms with Gasteiger partial charge in [0.15, 0.2) is 0 Å². The Bertz CT molecular complexity index is 594. The third-order valence-electron chi connectivity index (χ3n) is 3.34. The maximum Gasteiger partial charge on any atom is 0.269 e. The molecule has 2 rings (SSSR count). The van der Waals surface area contributed by atoms with Gasteiger partial charge in [0.2, 0.25) is 0 Å². The van der Waals surface area contributed by atoms with Gasteiger partial charge >= 0.3 is 0 Å². The van der Waals surface area contributed by atoms with Crippen molar-refractivity contribution in [1.29, 1.82) is 0 Å². The van der Waals surface area contributed by atoms with Crippen LogP contribution in [0.4, 0.5) is 11.4 Å². The molecule has 0 amide bonds. The molecule has 0 atom stereocenters. The van der Waals surface area contributed by atoms with E-state index < -0.39 is 0 Å². The third kappa shape index (κ3) is 3.72. The molecule has 21 heavy (non-hydrogen) atoms. The van der Waals surface area contributed by atoms with Crippen molar-refractivity contribution in [3.63, 3.8) is 0 Å². The molecule has 0 unspecified atom stereocenters. The van der Waals surface area contributed by atoms with E-state index in [1.807, 2.05) is 24.3 Å². The van der Waals surface area contributed by atoms with Gasteiger partial charge in [-0.15, -0.1) is 0 Å². The van der Waals surface area contributed by atoms with Crippen molar-refractivity contribution < 1.29 is 9.66 Å². The van der Waals surface area contributed by atoms with Crippen LogP contribution in [0, 0.1) is 10.1 Å². The van der Waals surface area contributed by atoms with Gasteiger partial charge in [-0.25, -0.2) is 0 Å². The smallest absolute Gasteiger partial charge is 0.269 e. The molecule has 0 saturated heterocycles. The first-order valence-corrected chi connectivity index (χ1v) is 6.76. The number of nitrogens with zero attached hydrogens (tertiary/aromatic N) is 2. The molecule has 0 heterocycles. The van der Waals surface area contributed by atoms with Crippen molar-refractivity contribution in [2.75, 3.05) is 18.6 Å². The lowest BCUT2D eigenvalue weighted by Gasteiger charge is -2.23. The predicted molar refractivity (Wildman–Crippen MR) is 82.8 cm³/mol. The Balaban J connectivity index is 2.12. The van der Waals surface area contributed by atoms with E-state index in [0.717, 1.165) is 23.5 Å². The minimum Gasteiger partial charge on any atom is -0.497 e. The number of nitro benzene ring substituents is 1. The van der Waals surface area contributed by atoms with Crippen LogP contribution in [0.15, 0.2) is 48.5 Å². The van der Waals surface area contributed by atoms with Crippen LogP contribution in [-0.2, 0) is 6.54 Å². The summed E-state index contributed by atoms with van der Waals surface area (Å²) in [5.74, 6) is 0.824. The summed E-state index contributed by atoms with van der Waals surface area (Å²) in [6.07, 6.45) is 0. The van der Waals surface area contributed by atoms with Crippen LogP contribution in [-0.4, -0.2) is 18.6 Å². The van der Waals surface area contributed by atoms with Gasteiger partial charge < -0.3 is 9.64 Å². The topological polar surface area (TPSA) is 55.6 Å². The molecule has 5 nitrogen and oxygen atoms in total. The fourth-order valence-corrected chi connectivity index (χ4v) is 2.12. The third-order valence-corrected chi connectivity index (χ3v) is 3.34. The lowest BCUT2D eigenvalue weighted by molar-refractivity contribution is -0.384. The standard InChI is InChI=1S/C16H18N2O3/c1-3-17(14-8-10-16(21-2)11-9-14)12-13-4-6-15(7-5-13)18(19)20/h4-11H,3,12H2,1-2H3. The molecule has 0 fully saturated rings. The molecule has 0 radical (unpaired) electrons. The molecule has 0 saturated carbocycles. The van der Waals surface area contributed by atoms with Crippen LogP contribution in [0.3, 0.4) is 0 Å². The largest absolute Gasteiger partial charge is 0.497 e. The summed E-state index contributed by atoms with van der Waals surface area (Å²) >= 11 is 0. The summed E-state index contributed by atoms with van der Waals surface area (Å²) in [5.41, 5.74) is 2.25. The van der Waals surface area contributed by atoms with Crippen LogP contribution in [0.25, 0.3) is 0 Å². The number of hydrogen-bond acceptors (Lipinski definition) is 4. The van der Waals surface area contributed by atoms with Crippen molar-refractivity contribution in [1.82, 2.24) is 0 Å². The molecule has 110 valence electrons. The highest BCUT2D eigenvalue weighted by Gasteiger charge is 2.08. The molecule has 0 aromatic heterocycles. The number of anilines is 1. The lowest BCUT2D eigenvalue weighted by Crippen LogP contribution is -2.21. The number of non-ortho nitro benzene ring substituents is 1. The minimum atomic E-state index is -0.384. The first-order chi connectivity index (χ1) is 10.1. The van der Waals surface area contributed by atoms with Gasteiger partial charge in [0.05, 0.1) is 12.0 Å². The van der Waals surface area contributed by atoms with E-state index >= 15 is 0 Å². The minimum absolute atomic E-state index is 0.117. The van der Waals surface area contributed by atoms with Gasteiger partial charge in [-0.2, -0.15) is 0 Å². The summed E-state index contributed by atoms with van der Waals surface area (Å²) in [5, 5.41) is 10.7. The van der Waals surface area contributed by atoms with Gasteiger partial charge in [0.25, 0.3) is 5.69 Å². The van der Waals surface area contributed by atoms with Gasteiger partial charge in [0, 0.05) is 30.9 Å². The molecule has 0 aliphatic rings. The van der Waals surface area contributed by atoms with E-state index in [2.05, 4.69) is 11.8 Å². The number of methoxy groups -OCH3 is 1. The first-order valence-electron chi connectivity index (χ1n) is 6.76. The van der Waals surface area contributed by atoms with Crippen molar-refractivity contribution in [3.8, 4) is 5.75 Å². The molecule has 2 aromatic carbocycles. The van der Waals surface area contributed by atoms with Gasteiger partial charge in [-0.1, -0.05) is 12.1 Å². The zero-order chi connectivity index (χ0) is 15.2. The fourth-order valence-electron chi connectivity index (χ4n) is 2.12. The number of ether oxygens (including phenoxy) is 1. The summed E-state index contributed by atoms with van der Waals surface area (Å²) in [6, 6.07) is 14.5. The average Bonchev–Trinajstić information content (AvgIpc) is 2.53. The SMILES string of the molecule is CCN(Cc1ccc([N+](=O)[O-])cc1)c1ccc(OC)cc1. The molecule has 0 spiro atoms. The van der Waals surface area contributed by atoms with E-state index in [-0.39, 0.29) is 10.6 Å². The highest BCUT2D eigenvalue weighted by atomic mass is 16.6. The van der Waals surface area contributed by atoms with Crippen molar-refractivity contribution >= 4 is 11.4 Å². The first kappa shape index (κ1) is 14.8. The second kappa shape index (κ2) is 6.74. The number of nitro groups is 1. The van der Waals surface area contributed by atoms with E-state index in [1.54, 1.807) is 19.2 Å². The maximum absolute atomic E-state index is 10.7. The Labute approximate surface area is 123 Å². The van der Waals surface area contributed by atoms with E-state index in [0.29, 0.717) is 6.54 Å². The molecule has 0 N–H and O–H groups in total. The number of rotatable bonds is 6. The maximum atomic E-state index is 10.7. The Kier molecular flexibility index (Phi) is 4.77. The summed E-state index contributed by atoms with van der Waals surface area (Å²) in [7, 11) is 1.64. The molecule has 5 heteroatoms. The van der Waals surface area contributed by atoms with Crippen molar-refractivity contribution in [3.05, 3.63) is 64.2 Å². The number of benzene rings is 2. The summed E-state index contributed by atoms with van der Waals surface area (Å²) in [6.45, 7) is 3.64. The highest BCUT2D eigenvalue weighted by Crippen LogP contribution is 2.21. The van der Waals surface area contributed by atoms with Crippen LogP contribution in [0.5, 0.6) is 5.75 Å². The Morgan fingerprint density at radius 3 is 2.19 bits per heavy atom. The van der Waals surface area contributed by atoms with Crippen molar-refractivity contribution in [2.45, 2.75) is 13.5 Å². The van der Waals surface area contributed by atoms with E-state index in [9.17, 15) is 10.1 Å². The predicted octanol–water partition coefficient (Wildman–Crippen LogP) is 3.63. The second-order valence-electron chi connectivity index (χ2n) is 4.64. The van der Waals surface area contributed by atoms with Crippen LogP contribution >= 0.6 is 0 Å². The highest BCUT2D eigenvalue weighted by molar-refractivity contribution is 5.49. The van der Waals surface area contributed by atoms with Gasteiger partial charge in [-0.3, -0.25) is 10.1 Å². The summed E-state index contributed by atoms with van der Waals surface area (Å²) < 4.78 is 5.15. The Hall–Kier alpha value is -2.56. The van der Waals surface area contributed by atoms with Crippen molar-refractivity contribution in [2.24, 2.45) is 0 Å². The average molecular weight is 286 g/mol. The zero-order valence-electron chi connectivity index (χ0n) is 12.2. The molecule has 0 bridgehead atoms. The van der Waals surface area contributed by atoms with Gasteiger partial charge in [0.1, 0.15) is 5.75 Å². The lowest BCUT2D eigenvalue weighted by atomic mass is 10.1. The molecule has 2 aromatic rings.